The van der Waals surface area contributed by atoms with Crippen LogP contribution in [-0.2, 0) is 0 Å². The van der Waals surface area contributed by atoms with E-state index in [-0.39, 0.29) is 0 Å². The maximum absolute atomic E-state index is 9.19. The molecule has 0 aromatic carbocycles. The van der Waals surface area contributed by atoms with Gasteiger partial charge in [-0.15, -0.1) is 0 Å². The molecule has 4 heteroatoms. The second-order valence-electron chi connectivity index (χ2n) is 4.86. The zero-order valence-electron chi connectivity index (χ0n) is 10.6. The van der Waals surface area contributed by atoms with Crippen molar-refractivity contribution in [3.05, 3.63) is 11.4 Å². The predicted molar refractivity (Wildman–Crippen MR) is 65.9 cm³/mol. The summed E-state index contributed by atoms with van der Waals surface area (Å²) in [6.45, 7) is 4.39. The summed E-state index contributed by atoms with van der Waals surface area (Å²) in [6.07, 6.45) is 3.15. The molecule has 0 bridgehead atoms. The molecular formula is C12H25N3O. The highest BCUT2D eigenvalue weighted by Gasteiger charge is 2.47. The molecular weight excluding hydrogens is 202 g/mol. The van der Waals surface area contributed by atoms with Gasteiger partial charge in [0.25, 0.3) is 0 Å². The molecule has 0 aromatic rings. The number of nitrogens with zero attached hydrogens (tertiary/aromatic N) is 1. The van der Waals surface area contributed by atoms with Crippen molar-refractivity contribution in [2.24, 2.45) is 29.3 Å². The lowest BCUT2D eigenvalue weighted by atomic mass is 10.1. The quantitative estimate of drug-likeness (QED) is 0.468. The zero-order chi connectivity index (χ0) is 12.3. The van der Waals surface area contributed by atoms with Crippen LogP contribution in [0.15, 0.2) is 11.4 Å². The van der Waals surface area contributed by atoms with Gasteiger partial charge in [0.1, 0.15) is 0 Å². The first-order chi connectivity index (χ1) is 7.52. The van der Waals surface area contributed by atoms with Gasteiger partial charge in [-0.2, -0.15) is 0 Å². The smallest absolute Gasteiger partial charge is 0.0472 e. The van der Waals surface area contributed by atoms with Crippen LogP contribution in [0.4, 0.5) is 0 Å². The molecule has 5 N–H and O–H groups in total. The van der Waals surface area contributed by atoms with E-state index in [0.717, 1.165) is 30.7 Å². The van der Waals surface area contributed by atoms with Gasteiger partial charge in [-0.25, -0.2) is 5.84 Å². The molecule has 0 aromatic heterocycles. The van der Waals surface area contributed by atoms with E-state index >= 15 is 0 Å². The summed E-state index contributed by atoms with van der Waals surface area (Å²) < 4.78 is 0. The predicted octanol–water partition coefficient (Wildman–Crippen LogP) is 1.03. The monoisotopic (exact) mass is 227 g/mol. The molecule has 1 aliphatic rings. The molecule has 16 heavy (non-hydrogen) atoms. The fourth-order valence-electron chi connectivity index (χ4n) is 2.78. The molecule has 0 amide bonds. The van der Waals surface area contributed by atoms with Gasteiger partial charge in [0.05, 0.1) is 0 Å². The van der Waals surface area contributed by atoms with Gasteiger partial charge in [-0.1, -0.05) is 13.3 Å². The van der Waals surface area contributed by atoms with Gasteiger partial charge < -0.3 is 15.8 Å². The molecule has 3 atom stereocenters. The van der Waals surface area contributed by atoms with Crippen LogP contribution in [0, 0.1) is 17.8 Å². The third-order valence-electron chi connectivity index (χ3n) is 3.79. The Morgan fingerprint density at radius 2 is 1.94 bits per heavy atom. The van der Waals surface area contributed by atoms with Gasteiger partial charge >= 0.3 is 0 Å². The highest BCUT2D eigenvalue weighted by Crippen LogP contribution is 2.51. The Kier molecular flexibility index (Phi) is 4.62. The van der Waals surface area contributed by atoms with E-state index in [0.29, 0.717) is 24.4 Å². The first-order valence-electron chi connectivity index (χ1n) is 6.07. The highest BCUT2D eigenvalue weighted by atomic mass is 16.3. The van der Waals surface area contributed by atoms with E-state index in [9.17, 15) is 5.11 Å². The van der Waals surface area contributed by atoms with Gasteiger partial charge in [-0.05, 0) is 37.5 Å². The van der Waals surface area contributed by atoms with E-state index in [1.54, 1.807) is 5.01 Å². The second kappa shape index (κ2) is 5.55. The molecule has 0 spiro atoms. The number of nitrogens with two attached hydrogens (primary N) is 2. The molecule has 1 rings (SSSR count). The molecule has 3 unspecified atom stereocenters. The Morgan fingerprint density at radius 1 is 1.31 bits per heavy atom. The number of rotatable bonds is 6. The van der Waals surface area contributed by atoms with Crippen molar-refractivity contribution in [1.82, 2.24) is 5.01 Å². The lowest BCUT2D eigenvalue weighted by Gasteiger charge is -2.18. The van der Waals surface area contributed by atoms with Crippen molar-refractivity contribution < 1.29 is 5.11 Å². The van der Waals surface area contributed by atoms with Crippen LogP contribution in [0.5, 0.6) is 0 Å². The normalized spacial score (nSPS) is 29.9. The summed E-state index contributed by atoms with van der Waals surface area (Å²) in [5, 5.41) is 10.8. The van der Waals surface area contributed by atoms with E-state index in [4.69, 9.17) is 11.6 Å². The molecule has 0 saturated heterocycles. The SMILES string of the molecule is CCC1C(CO)C1CC/C(=C(\C)N)N(C)N. The van der Waals surface area contributed by atoms with Crippen molar-refractivity contribution in [3.8, 4) is 0 Å². The number of aliphatic hydroxyl groups is 1. The number of allylic oxidation sites excluding steroid dienone is 2. The van der Waals surface area contributed by atoms with Gasteiger partial charge in [0.2, 0.25) is 0 Å². The fraction of sp³-hybridized carbons (Fsp3) is 0.833. The van der Waals surface area contributed by atoms with Crippen molar-refractivity contribution in [1.29, 1.82) is 0 Å². The molecule has 94 valence electrons. The summed E-state index contributed by atoms with van der Waals surface area (Å²) >= 11 is 0. The third kappa shape index (κ3) is 2.89. The minimum absolute atomic E-state index is 0.322. The summed E-state index contributed by atoms with van der Waals surface area (Å²) in [7, 11) is 1.82. The van der Waals surface area contributed by atoms with Crippen molar-refractivity contribution in [2.45, 2.75) is 33.1 Å². The standard InChI is InChI=1S/C12H25N3O/c1-4-9-10(11(9)7-16)5-6-12(8(2)13)15(3)14/h9-11,16H,4-7,13-14H2,1-3H3/b12-8-. The van der Waals surface area contributed by atoms with Crippen LogP contribution in [0.3, 0.4) is 0 Å². The summed E-state index contributed by atoms with van der Waals surface area (Å²) in [4.78, 5) is 0. The van der Waals surface area contributed by atoms with Crippen LogP contribution in [0.25, 0.3) is 0 Å². The topological polar surface area (TPSA) is 75.5 Å². The Balaban J connectivity index is 2.43. The molecule has 4 nitrogen and oxygen atoms in total. The molecule has 0 heterocycles. The summed E-state index contributed by atoms with van der Waals surface area (Å²) in [5.41, 5.74) is 7.59. The molecule has 1 fully saturated rings. The molecule has 0 radical (unpaired) electrons. The van der Waals surface area contributed by atoms with Crippen LogP contribution in [-0.4, -0.2) is 23.8 Å². The van der Waals surface area contributed by atoms with Gasteiger partial charge in [-0.3, -0.25) is 0 Å². The lowest BCUT2D eigenvalue weighted by Crippen LogP contribution is -2.27. The average molecular weight is 227 g/mol. The minimum atomic E-state index is 0.322. The van der Waals surface area contributed by atoms with Crippen LogP contribution in [0.2, 0.25) is 0 Å². The third-order valence-corrected chi connectivity index (χ3v) is 3.79. The first-order valence-corrected chi connectivity index (χ1v) is 6.07. The van der Waals surface area contributed by atoms with E-state index in [1.165, 1.54) is 0 Å². The molecule has 1 saturated carbocycles. The van der Waals surface area contributed by atoms with E-state index in [1.807, 2.05) is 14.0 Å². The van der Waals surface area contributed by atoms with Crippen LogP contribution >= 0.6 is 0 Å². The average Bonchev–Trinajstić information content (AvgIpc) is 2.89. The number of hydrogen-bond donors (Lipinski definition) is 3. The lowest BCUT2D eigenvalue weighted by molar-refractivity contribution is 0.261. The van der Waals surface area contributed by atoms with Crippen LogP contribution in [0.1, 0.15) is 33.1 Å². The Bertz CT molecular complexity index is 249. The Hall–Kier alpha value is -0.740. The first kappa shape index (κ1) is 13.3. The molecule has 1 aliphatic carbocycles. The fourth-order valence-corrected chi connectivity index (χ4v) is 2.78. The van der Waals surface area contributed by atoms with Crippen molar-refractivity contribution in [3.63, 3.8) is 0 Å². The Morgan fingerprint density at radius 3 is 2.25 bits per heavy atom. The number of hydrogen-bond acceptors (Lipinski definition) is 4. The molecule has 0 aliphatic heterocycles. The number of hydrazine groups is 1. The summed E-state index contributed by atoms with van der Waals surface area (Å²) in [5.74, 6) is 7.59. The maximum Gasteiger partial charge on any atom is 0.0472 e. The van der Waals surface area contributed by atoms with Crippen molar-refractivity contribution in [2.75, 3.05) is 13.7 Å². The summed E-state index contributed by atoms with van der Waals surface area (Å²) in [6, 6.07) is 0. The van der Waals surface area contributed by atoms with E-state index in [2.05, 4.69) is 6.92 Å². The van der Waals surface area contributed by atoms with Crippen LogP contribution < -0.4 is 11.6 Å². The minimum Gasteiger partial charge on any atom is -0.401 e. The number of aliphatic hydroxyl groups excluding tert-OH is 1. The zero-order valence-corrected chi connectivity index (χ0v) is 10.6. The van der Waals surface area contributed by atoms with Gasteiger partial charge in [0, 0.05) is 25.0 Å². The second-order valence-corrected chi connectivity index (χ2v) is 4.86. The van der Waals surface area contributed by atoms with Crippen molar-refractivity contribution >= 4 is 0 Å². The largest absolute Gasteiger partial charge is 0.401 e. The maximum atomic E-state index is 9.19. The Labute approximate surface area is 98.3 Å². The van der Waals surface area contributed by atoms with E-state index < -0.39 is 0 Å². The van der Waals surface area contributed by atoms with Gasteiger partial charge in [0.15, 0.2) is 0 Å². The highest BCUT2D eigenvalue weighted by molar-refractivity contribution is 5.08.